The van der Waals surface area contributed by atoms with Crippen LogP contribution in [0.1, 0.15) is 27.7 Å². The van der Waals surface area contributed by atoms with Crippen LogP contribution in [0.15, 0.2) is 97.1 Å². The van der Waals surface area contributed by atoms with Crippen LogP contribution >= 0.6 is 0 Å². The average Bonchev–Trinajstić information content (AvgIpc) is 2.82. The molecule has 0 spiro atoms. The van der Waals surface area contributed by atoms with Gasteiger partial charge in [0.15, 0.2) is 0 Å². The second-order valence-corrected chi connectivity index (χ2v) is 8.53. The monoisotopic (exact) mass is 454 g/mol. The zero-order valence-corrected chi connectivity index (χ0v) is 20.0. The third-order valence-corrected chi connectivity index (χ3v) is 4.90. The van der Waals surface area contributed by atoms with Crippen LogP contribution in [0.5, 0.6) is 34.5 Å². The van der Waals surface area contributed by atoms with Gasteiger partial charge in [-0.1, -0.05) is 24.3 Å². The fraction of sp³-hybridized carbons (Fsp3) is 0.200. The predicted octanol–water partition coefficient (Wildman–Crippen LogP) is 8.51. The second kappa shape index (κ2) is 10.8. The minimum absolute atomic E-state index is 0.149. The third kappa shape index (κ3) is 6.55. The van der Waals surface area contributed by atoms with Gasteiger partial charge in [0.05, 0.1) is 12.2 Å². The Kier molecular flexibility index (Phi) is 7.38. The standard InChI is InChI=1S/C30H30O4/c1-21(2)31-25-13-17-29(18-14-25)33-27-9-5-23(6-10-27)24-7-11-28(12-8-24)34-30-19-15-26(16-20-30)32-22(3)4/h5-22H,1-4H3. The number of hydrogen-bond donors (Lipinski definition) is 0. The molecular formula is C30H30O4. The smallest absolute Gasteiger partial charge is 0.127 e. The topological polar surface area (TPSA) is 36.9 Å². The maximum absolute atomic E-state index is 5.96. The van der Waals surface area contributed by atoms with Crippen LogP contribution in [-0.4, -0.2) is 12.2 Å². The largest absolute Gasteiger partial charge is 0.491 e. The fourth-order valence-electron chi connectivity index (χ4n) is 3.42. The summed E-state index contributed by atoms with van der Waals surface area (Å²) < 4.78 is 23.3. The van der Waals surface area contributed by atoms with Crippen molar-refractivity contribution in [1.29, 1.82) is 0 Å². The quantitative estimate of drug-likeness (QED) is 0.254. The molecule has 0 aliphatic carbocycles. The molecule has 4 aromatic carbocycles. The normalized spacial score (nSPS) is 10.9. The summed E-state index contributed by atoms with van der Waals surface area (Å²) in [6.45, 7) is 8.03. The van der Waals surface area contributed by atoms with Crippen LogP contribution < -0.4 is 18.9 Å². The first-order valence-corrected chi connectivity index (χ1v) is 11.5. The van der Waals surface area contributed by atoms with Gasteiger partial charge in [-0.2, -0.15) is 0 Å². The first kappa shape index (κ1) is 23.2. The van der Waals surface area contributed by atoms with E-state index in [2.05, 4.69) is 24.3 Å². The summed E-state index contributed by atoms with van der Waals surface area (Å²) in [5.41, 5.74) is 2.21. The highest BCUT2D eigenvalue weighted by Crippen LogP contribution is 2.30. The molecule has 4 rings (SSSR count). The van der Waals surface area contributed by atoms with Gasteiger partial charge in [-0.05, 0) is 112 Å². The van der Waals surface area contributed by atoms with Crippen molar-refractivity contribution in [2.75, 3.05) is 0 Å². The van der Waals surface area contributed by atoms with Gasteiger partial charge < -0.3 is 18.9 Å². The van der Waals surface area contributed by atoms with Gasteiger partial charge in [0, 0.05) is 0 Å². The van der Waals surface area contributed by atoms with Gasteiger partial charge in [0.1, 0.15) is 34.5 Å². The van der Waals surface area contributed by atoms with Gasteiger partial charge in [0.25, 0.3) is 0 Å². The highest BCUT2D eigenvalue weighted by Gasteiger charge is 2.04. The summed E-state index contributed by atoms with van der Waals surface area (Å²) in [5, 5.41) is 0. The van der Waals surface area contributed by atoms with E-state index in [0.29, 0.717) is 0 Å². The van der Waals surface area contributed by atoms with Crippen LogP contribution in [0.2, 0.25) is 0 Å². The van der Waals surface area contributed by atoms with E-state index >= 15 is 0 Å². The minimum atomic E-state index is 0.149. The lowest BCUT2D eigenvalue weighted by Crippen LogP contribution is -2.05. The molecular weight excluding hydrogens is 424 g/mol. The molecule has 0 heterocycles. The summed E-state index contributed by atoms with van der Waals surface area (Å²) in [6, 6.07) is 31.4. The Bertz CT molecular complexity index is 1060. The molecule has 0 aromatic heterocycles. The van der Waals surface area contributed by atoms with E-state index in [1.165, 1.54) is 0 Å². The zero-order chi connectivity index (χ0) is 23.9. The zero-order valence-electron chi connectivity index (χ0n) is 20.0. The molecule has 34 heavy (non-hydrogen) atoms. The van der Waals surface area contributed by atoms with Crippen LogP contribution in [0.25, 0.3) is 11.1 Å². The van der Waals surface area contributed by atoms with E-state index in [9.17, 15) is 0 Å². The van der Waals surface area contributed by atoms with Crippen molar-refractivity contribution in [3.05, 3.63) is 97.1 Å². The average molecular weight is 455 g/mol. The Morgan fingerprint density at radius 1 is 0.353 bits per heavy atom. The van der Waals surface area contributed by atoms with E-state index in [0.717, 1.165) is 45.6 Å². The summed E-state index contributed by atoms with van der Waals surface area (Å²) in [6.07, 6.45) is 0.298. The Labute approximate surface area is 201 Å². The van der Waals surface area contributed by atoms with Gasteiger partial charge >= 0.3 is 0 Å². The van der Waals surface area contributed by atoms with E-state index in [1.54, 1.807) is 0 Å². The van der Waals surface area contributed by atoms with Crippen molar-refractivity contribution in [3.8, 4) is 45.6 Å². The molecule has 4 nitrogen and oxygen atoms in total. The molecule has 0 amide bonds. The Morgan fingerprint density at radius 2 is 0.588 bits per heavy atom. The number of ether oxygens (including phenoxy) is 4. The molecule has 0 bridgehead atoms. The Morgan fingerprint density at radius 3 is 0.853 bits per heavy atom. The highest BCUT2D eigenvalue weighted by atomic mass is 16.5. The summed E-state index contributed by atoms with van der Waals surface area (Å²) in [7, 11) is 0. The molecule has 4 aromatic rings. The van der Waals surface area contributed by atoms with Crippen LogP contribution in [0, 0.1) is 0 Å². The van der Waals surface area contributed by atoms with Crippen molar-refractivity contribution < 1.29 is 18.9 Å². The van der Waals surface area contributed by atoms with Gasteiger partial charge in [-0.3, -0.25) is 0 Å². The second-order valence-electron chi connectivity index (χ2n) is 8.53. The predicted molar refractivity (Wildman–Crippen MR) is 136 cm³/mol. The van der Waals surface area contributed by atoms with Gasteiger partial charge in [0.2, 0.25) is 0 Å². The number of benzene rings is 4. The van der Waals surface area contributed by atoms with Crippen molar-refractivity contribution in [3.63, 3.8) is 0 Å². The third-order valence-electron chi connectivity index (χ3n) is 4.90. The highest BCUT2D eigenvalue weighted by molar-refractivity contribution is 5.65. The first-order chi connectivity index (χ1) is 16.4. The molecule has 0 aliphatic rings. The van der Waals surface area contributed by atoms with E-state index in [1.807, 2.05) is 100 Å². The maximum Gasteiger partial charge on any atom is 0.127 e. The maximum atomic E-state index is 5.96. The fourth-order valence-corrected chi connectivity index (χ4v) is 3.42. The molecule has 0 saturated heterocycles. The number of rotatable bonds is 9. The molecule has 0 aliphatic heterocycles. The molecule has 0 saturated carbocycles. The molecule has 0 radical (unpaired) electrons. The molecule has 0 fully saturated rings. The number of hydrogen-bond acceptors (Lipinski definition) is 4. The van der Waals surface area contributed by atoms with Crippen LogP contribution in [0.4, 0.5) is 0 Å². The molecule has 0 atom stereocenters. The molecule has 0 unspecified atom stereocenters. The minimum Gasteiger partial charge on any atom is -0.491 e. The summed E-state index contributed by atoms with van der Waals surface area (Å²) in [4.78, 5) is 0. The molecule has 174 valence electrons. The Balaban J connectivity index is 1.35. The SMILES string of the molecule is CC(C)Oc1ccc(Oc2ccc(-c3ccc(Oc4ccc(OC(C)C)cc4)cc3)cc2)cc1. The van der Waals surface area contributed by atoms with Crippen molar-refractivity contribution >= 4 is 0 Å². The Hall–Kier alpha value is -3.92. The van der Waals surface area contributed by atoms with Crippen molar-refractivity contribution in [2.45, 2.75) is 39.9 Å². The van der Waals surface area contributed by atoms with Gasteiger partial charge in [-0.15, -0.1) is 0 Å². The van der Waals surface area contributed by atoms with Crippen LogP contribution in [0.3, 0.4) is 0 Å². The van der Waals surface area contributed by atoms with Crippen LogP contribution in [-0.2, 0) is 0 Å². The lowest BCUT2D eigenvalue weighted by atomic mass is 10.1. The lowest BCUT2D eigenvalue weighted by molar-refractivity contribution is 0.242. The van der Waals surface area contributed by atoms with Crippen molar-refractivity contribution in [1.82, 2.24) is 0 Å². The van der Waals surface area contributed by atoms with E-state index in [4.69, 9.17) is 18.9 Å². The lowest BCUT2D eigenvalue weighted by Gasteiger charge is -2.11. The van der Waals surface area contributed by atoms with Gasteiger partial charge in [-0.25, -0.2) is 0 Å². The van der Waals surface area contributed by atoms with Crippen molar-refractivity contribution in [2.24, 2.45) is 0 Å². The van der Waals surface area contributed by atoms with E-state index < -0.39 is 0 Å². The molecule has 4 heteroatoms. The van der Waals surface area contributed by atoms with E-state index in [-0.39, 0.29) is 12.2 Å². The summed E-state index contributed by atoms with van der Waals surface area (Å²) in [5.74, 6) is 4.78. The molecule has 0 N–H and O–H groups in total. The first-order valence-electron chi connectivity index (χ1n) is 11.5. The summed E-state index contributed by atoms with van der Waals surface area (Å²) >= 11 is 0.